The van der Waals surface area contributed by atoms with Gasteiger partial charge in [-0.3, -0.25) is 0 Å². The summed E-state index contributed by atoms with van der Waals surface area (Å²) < 4.78 is 65.8. The van der Waals surface area contributed by atoms with E-state index in [1.165, 1.54) is 17.0 Å². The lowest BCUT2D eigenvalue weighted by molar-refractivity contribution is -0.179. The standard InChI is InChI=1S/C14H17F5N2/c1-20-8-9-6-11(15)13(12(16)7-9)21-4-2-10(3-5-21)14(17,18)19/h6-7,10,20H,2-5,8H2,1H3. The van der Waals surface area contributed by atoms with Gasteiger partial charge in [0.1, 0.15) is 17.3 Å². The molecular weight excluding hydrogens is 291 g/mol. The molecule has 1 aromatic carbocycles. The average molecular weight is 308 g/mol. The van der Waals surface area contributed by atoms with E-state index in [0.717, 1.165) is 0 Å². The number of rotatable bonds is 3. The number of nitrogens with one attached hydrogen (secondary N) is 1. The van der Waals surface area contributed by atoms with Gasteiger partial charge in [0.15, 0.2) is 0 Å². The second-order valence-corrected chi connectivity index (χ2v) is 5.24. The molecule has 0 saturated carbocycles. The van der Waals surface area contributed by atoms with Gasteiger partial charge in [-0.15, -0.1) is 0 Å². The van der Waals surface area contributed by atoms with E-state index in [0.29, 0.717) is 12.1 Å². The first-order chi connectivity index (χ1) is 9.82. The quantitative estimate of drug-likeness (QED) is 0.860. The largest absolute Gasteiger partial charge is 0.391 e. The van der Waals surface area contributed by atoms with Crippen LogP contribution in [0.15, 0.2) is 12.1 Å². The molecule has 0 spiro atoms. The fourth-order valence-corrected chi connectivity index (χ4v) is 2.66. The normalized spacial score (nSPS) is 17.3. The van der Waals surface area contributed by atoms with Gasteiger partial charge >= 0.3 is 6.18 Å². The number of anilines is 1. The third kappa shape index (κ3) is 3.64. The molecular formula is C14H17F5N2. The van der Waals surface area contributed by atoms with Crippen molar-refractivity contribution in [1.82, 2.24) is 5.32 Å². The highest BCUT2D eigenvalue weighted by atomic mass is 19.4. The number of benzene rings is 1. The molecule has 1 heterocycles. The van der Waals surface area contributed by atoms with Crippen LogP contribution in [0.3, 0.4) is 0 Å². The fourth-order valence-electron chi connectivity index (χ4n) is 2.66. The third-order valence-electron chi connectivity index (χ3n) is 3.73. The molecule has 2 nitrogen and oxygen atoms in total. The van der Waals surface area contributed by atoms with Gasteiger partial charge in [0.2, 0.25) is 0 Å². The van der Waals surface area contributed by atoms with Crippen molar-refractivity contribution in [2.45, 2.75) is 25.6 Å². The molecule has 0 atom stereocenters. The molecule has 1 N–H and O–H groups in total. The Morgan fingerprint density at radius 2 is 1.67 bits per heavy atom. The molecule has 118 valence electrons. The summed E-state index contributed by atoms with van der Waals surface area (Å²) in [4.78, 5) is 1.36. The molecule has 0 aliphatic carbocycles. The Bertz CT molecular complexity index is 470. The van der Waals surface area contributed by atoms with Crippen LogP contribution in [0.4, 0.5) is 27.6 Å². The lowest BCUT2D eigenvalue weighted by atomic mass is 9.95. The SMILES string of the molecule is CNCc1cc(F)c(N2CCC(C(F)(F)F)CC2)c(F)c1. The summed E-state index contributed by atoms with van der Waals surface area (Å²) in [7, 11) is 1.66. The Balaban J connectivity index is 2.13. The molecule has 0 bridgehead atoms. The Morgan fingerprint density at radius 1 is 1.14 bits per heavy atom. The molecule has 1 aromatic rings. The summed E-state index contributed by atoms with van der Waals surface area (Å²) >= 11 is 0. The zero-order valence-electron chi connectivity index (χ0n) is 11.6. The van der Waals surface area contributed by atoms with E-state index in [1.54, 1.807) is 7.05 Å². The van der Waals surface area contributed by atoms with Crippen molar-refractivity contribution in [2.75, 3.05) is 25.0 Å². The molecule has 1 saturated heterocycles. The van der Waals surface area contributed by atoms with Gasteiger partial charge in [-0.05, 0) is 37.6 Å². The van der Waals surface area contributed by atoms with Crippen molar-refractivity contribution in [1.29, 1.82) is 0 Å². The summed E-state index contributed by atoms with van der Waals surface area (Å²) in [6, 6.07) is 2.43. The first-order valence-electron chi connectivity index (χ1n) is 6.77. The van der Waals surface area contributed by atoms with E-state index in [1.807, 2.05) is 0 Å². The average Bonchev–Trinajstić information content (AvgIpc) is 2.38. The number of piperidine rings is 1. The van der Waals surface area contributed by atoms with Crippen molar-refractivity contribution in [3.8, 4) is 0 Å². The minimum atomic E-state index is -4.24. The van der Waals surface area contributed by atoms with Gasteiger partial charge in [0.05, 0.1) is 5.92 Å². The number of nitrogens with zero attached hydrogens (tertiary/aromatic N) is 1. The minimum Gasteiger partial charge on any atom is -0.367 e. The molecule has 0 amide bonds. The summed E-state index contributed by atoms with van der Waals surface area (Å²) in [5, 5.41) is 2.79. The van der Waals surface area contributed by atoms with E-state index in [-0.39, 0.29) is 31.6 Å². The van der Waals surface area contributed by atoms with Crippen LogP contribution in [0, 0.1) is 17.6 Å². The number of hydrogen-bond acceptors (Lipinski definition) is 2. The van der Waals surface area contributed by atoms with Crippen LogP contribution < -0.4 is 10.2 Å². The molecule has 0 aromatic heterocycles. The van der Waals surface area contributed by atoms with Gasteiger partial charge in [0, 0.05) is 19.6 Å². The van der Waals surface area contributed by atoms with Gasteiger partial charge in [-0.1, -0.05) is 0 Å². The number of halogens is 5. The van der Waals surface area contributed by atoms with Crippen molar-refractivity contribution in [3.05, 3.63) is 29.3 Å². The first kappa shape index (κ1) is 16.0. The molecule has 7 heteroatoms. The van der Waals surface area contributed by atoms with Gasteiger partial charge < -0.3 is 10.2 Å². The molecule has 1 aliphatic rings. The third-order valence-corrected chi connectivity index (χ3v) is 3.73. The van der Waals surface area contributed by atoms with E-state index in [4.69, 9.17) is 0 Å². The highest BCUT2D eigenvalue weighted by molar-refractivity contribution is 5.51. The van der Waals surface area contributed by atoms with E-state index in [9.17, 15) is 22.0 Å². The van der Waals surface area contributed by atoms with E-state index < -0.39 is 23.7 Å². The Morgan fingerprint density at radius 3 is 2.10 bits per heavy atom. The van der Waals surface area contributed by atoms with Crippen molar-refractivity contribution in [3.63, 3.8) is 0 Å². The van der Waals surface area contributed by atoms with Crippen LogP contribution in [0.5, 0.6) is 0 Å². The van der Waals surface area contributed by atoms with Crippen LogP contribution in [0.1, 0.15) is 18.4 Å². The predicted molar refractivity (Wildman–Crippen MR) is 70.1 cm³/mol. The molecule has 0 radical (unpaired) electrons. The molecule has 1 aliphatic heterocycles. The highest BCUT2D eigenvalue weighted by Crippen LogP contribution is 2.36. The molecule has 2 rings (SSSR count). The highest BCUT2D eigenvalue weighted by Gasteiger charge is 2.41. The Labute approximate surface area is 119 Å². The topological polar surface area (TPSA) is 15.3 Å². The van der Waals surface area contributed by atoms with Gasteiger partial charge in [0.25, 0.3) is 0 Å². The monoisotopic (exact) mass is 308 g/mol. The lowest BCUT2D eigenvalue weighted by Gasteiger charge is -2.34. The number of alkyl halides is 3. The van der Waals surface area contributed by atoms with Gasteiger partial charge in [-0.2, -0.15) is 13.2 Å². The summed E-state index contributed by atoms with van der Waals surface area (Å²) in [5.41, 5.74) is 0.233. The van der Waals surface area contributed by atoms with Crippen LogP contribution in [0.2, 0.25) is 0 Å². The molecule has 21 heavy (non-hydrogen) atoms. The second kappa shape index (κ2) is 6.17. The van der Waals surface area contributed by atoms with Crippen LogP contribution in [0.25, 0.3) is 0 Å². The maximum absolute atomic E-state index is 14.0. The van der Waals surface area contributed by atoms with Crippen LogP contribution in [-0.2, 0) is 6.54 Å². The molecule has 0 unspecified atom stereocenters. The van der Waals surface area contributed by atoms with Crippen molar-refractivity contribution in [2.24, 2.45) is 5.92 Å². The summed E-state index contributed by atoms with van der Waals surface area (Å²) in [6.07, 6.45) is -4.51. The summed E-state index contributed by atoms with van der Waals surface area (Å²) in [6.45, 7) is 0.330. The van der Waals surface area contributed by atoms with Crippen molar-refractivity contribution < 1.29 is 22.0 Å². The second-order valence-electron chi connectivity index (χ2n) is 5.24. The Hall–Kier alpha value is -1.37. The maximum atomic E-state index is 14.0. The number of hydrogen-bond donors (Lipinski definition) is 1. The zero-order chi connectivity index (χ0) is 15.6. The smallest absolute Gasteiger partial charge is 0.367 e. The zero-order valence-corrected chi connectivity index (χ0v) is 11.6. The van der Waals surface area contributed by atoms with Crippen LogP contribution >= 0.6 is 0 Å². The van der Waals surface area contributed by atoms with E-state index in [2.05, 4.69) is 5.32 Å². The Kier molecular flexibility index (Phi) is 4.70. The first-order valence-corrected chi connectivity index (χ1v) is 6.77. The van der Waals surface area contributed by atoms with Crippen LogP contribution in [-0.4, -0.2) is 26.3 Å². The lowest BCUT2D eigenvalue weighted by Crippen LogP contribution is -2.39. The van der Waals surface area contributed by atoms with Crippen molar-refractivity contribution >= 4 is 5.69 Å². The predicted octanol–water partition coefficient (Wildman–Crippen LogP) is 3.46. The summed E-state index contributed by atoms with van der Waals surface area (Å²) in [5.74, 6) is -2.85. The maximum Gasteiger partial charge on any atom is 0.391 e. The van der Waals surface area contributed by atoms with E-state index >= 15 is 0 Å². The van der Waals surface area contributed by atoms with Gasteiger partial charge in [-0.25, -0.2) is 8.78 Å². The fraction of sp³-hybridized carbons (Fsp3) is 0.571. The molecule has 1 fully saturated rings. The minimum absolute atomic E-state index is 0.00336.